The molecule has 2 rings (SSSR count). The zero-order chi connectivity index (χ0) is 16.7. The zero-order valence-corrected chi connectivity index (χ0v) is 14.4. The molecule has 0 saturated carbocycles. The van der Waals surface area contributed by atoms with Gasteiger partial charge in [0.1, 0.15) is 0 Å². The first kappa shape index (κ1) is 17.6. The van der Waals surface area contributed by atoms with Crippen molar-refractivity contribution < 1.29 is 14.3 Å². The second-order valence-electron chi connectivity index (χ2n) is 6.53. The Kier molecular flexibility index (Phi) is 6.28. The summed E-state index contributed by atoms with van der Waals surface area (Å²) in [5.41, 5.74) is 1.30. The lowest BCUT2D eigenvalue weighted by Gasteiger charge is -2.34. The average Bonchev–Trinajstić information content (AvgIpc) is 2.58. The van der Waals surface area contributed by atoms with Crippen molar-refractivity contribution in [1.82, 2.24) is 10.6 Å². The van der Waals surface area contributed by atoms with Gasteiger partial charge in [0.05, 0.1) is 14.2 Å². The van der Waals surface area contributed by atoms with E-state index in [1.54, 1.807) is 14.2 Å². The molecule has 1 fully saturated rings. The van der Waals surface area contributed by atoms with Gasteiger partial charge in [0.2, 0.25) is 5.91 Å². The maximum absolute atomic E-state index is 12.1. The highest BCUT2D eigenvalue weighted by molar-refractivity contribution is 5.76. The molecule has 0 aliphatic carbocycles. The fourth-order valence-electron chi connectivity index (χ4n) is 2.90. The highest BCUT2D eigenvalue weighted by Crippen LogP contribution is 2.28. The molecule has 128 valence electrons. The van der Waals surface area contributed by atoms with Gasteiger partial charge in [0.25, 0.3) is 0 Å². The molecular formula is C18H28N2O3. The molecule has 5 nitrogen and oxygen atoms in total. The molecule has 0 bridgehead atoms. The van der Waals surface area contributed by atoms with E-state index in [4.69, 9.17) is 9.47 Å². The minimum Gasteiger partial charge on any atom is -0.493 e. The Hall–Kier alpha value is -1.75. The molecule has 1 amide bonds. The van der Waals surface area contributed by atoms with Crippen molar-refractivity contribution in [3.8, 4) is 11.5 Å². The van der Waals surface area contributed by atoms with Crippen molar-refractivity contribution >= 4 is 5.91 Å². The molecule has 0 aromatic heterocycles. The van der Waals surface area contributed by atoms with E-state index in [1.165, 1.54) is 0 Å². The fraction of sp³-hybridized carbons (Fsp3) is 0.611. The van der Waals surface area contributed by atoms with Gasteiger partial charge in [-0.05, 0) is 55.5 Å². The Morgan fingerprint density at radius 3 is 2.57 bits per heavy atom. The summed E-state index contributed by atoms with van der Waals surface area (Å²) in [7, 11) is 3.24. The van der Waals surface area contributed by atoms with E-state index in [1.807, 2.05) is 18.2 Å². The van der Waals surface area contributed by atoms with Crippen molar-refractivity contribution in [3.05, 3.63) is 23.8 Å². The van der Waals surface area contributed by atoms with Crippen LogP contribution in [0.2, 0.25) is 0 Å². The van der Waals surface area contributed by atoms with E-state index >= 15 is 0 Å². The summed E-state index contributed by atoms with van der Waals surface area (Å²) in [5, 5.41) is 6.45. The maximum Gasteiger partial charge on any atom is 0.220 e. The molecule has 1 saturated heterocycles. The molecular weight excluding hydrogens is 292 g/mol. The summed E-state index contributed by atoms with van der Waals surface area (Å²) >= 11 is 0. The van der Waals surface area contributed by atoms with E-state index in [-0.39, 0.29) is 11.3 Å². The summed E-state index contributed by atoms with van der Waals surface area (Å²) in [6.07, 6.45) is 3.42. The van der Waals surface area contributed by atoms with Crippen LogP contribution in [0.1, 0.15) is 31.7 Å². The lowest BCUT2D eigenvalue weighted by atomic mass is 9.81. The molecule has 1 aromatic rings. The van der Waals surface area contributed by atoms with Crippen molar-refractivity contribution in [3.63, 3.8) is 0 Å². The Morgan fingerprint density at radius 1 is 1.22 bits per heavy atom. The van der Waals surface area contributed by atoms with E-state index in [9.17, 15) is 4.79 Å². The summed E-state index contributed by atoms with van der Waals surface area (Å²) in [5.74, 6) is 1.52. The molecule has 2 N–H and O–H groups in total. The molecule has 23 heavy (non-hydrogen) atoms. The quantitative estimate of drug-likeness (QED) is 0.808. The lowest BCUT2D eigenvalue weighted by molar-refractivity contribution is -0.121. The Balaban J connectivity index is 1.80. The molecule has 1 aliphatic rings. The minimum atomic E-state index is 0.111. The van der Waals surface area contributed by atoms with Gasteiger partial charge in [0, 0.05) is 13.0 Å². The van der Waals surface area contributed by atoms with Gasteiger partial charge in [-0.1, -0.05) is 13.0 Å². The van der Waals surface area contributed by atoms with Gasteiger partial charge in [-0.25, -0.2) is 0 Å². The maximum atomic E-state index is 12.1. The van der Waals surface area contributed by atoms with Crippen LogP contribution in [0.15, 0.2) is 18.2 Å². The number of carbonyl (C=O) groups is 1. The van der Waals surface area contributed by atoms with Crippen molar-refractivity contribution in [2.45, 2.75) is 32.6 Å². The van der Waals surface area contributed by atoms with Gasteiger partial charge < -0.3 is 20.1 Å². The second-order valence-corrected chi connectivity index (χ2v) is 6.53. The van der Waals surface area contributed by atoms with Crippen molar-refractivity contribution in [2.24, 2.45) is 5.41 Å². The van der Waals surface area contributed by atoms with Crippen LogP contribution < -0.4 is 20.1 Å². The molecule has 1 aromatic carbocycles. The minimum absolute atomic E-state index is 0.111. The Bertz CT molecular complexity index is 525. The summed E-state index contributed by atoms with van der Waals surface area (Å²) in [6, 6.07) is 5.78. The number of carbonyl (C=O) groups excluding carboxylic acids is 1. The normalized spacial score (nSPS) is 16.7. The third kappa shape index (κ3) is 5.13. The largest absolute Gasteiger partial charge is 0.493 e. The molecule has 0 spiro atoms. The van der Waals surface area contributed by atoms with Gasteiger partial charge >= 0.3 is 0 Å². The van der Waals surface area contributed by atoms with Crippen LogP contribution in [-0.4, -0.2) is 39.8 Å². The SMILES string of the molecule is COc1ccc(CCC(=O)NCC2(C)CCNCC2)cc1OC. The van der Waals surface area contributed by atoms with Crippen LogP contribution in [-0.2, 0) is 11.2 Å². The molecule has 1 heterocycles. The molecule has 0 atom stereocenters. The fourth-order valence-corrected chi connectivity index (χ4v) is 2.90. The molecule has 5 heteroatoms. The Labute approximate surface area is 138 Å². The smallest absolute Gasteiger partial charge is 0.220 e. The number of methoxy groups -OCH3 is 2. The summed E-state index contributed by atoms with van der Waals surface area (Å²) in [4.78, 5) is 12.1. The van der Waals surface area contributed by atoms with Gasteiger partial charge in [0.15, 0.2) is 11.5 Å². The third-order valence-corrected chi connectivity index (χ3v) is 4.61. The number of nitrogens with one attached hydrogen (secondary N) is 2. The first-order chi connectivity index (χ1) is 11.1. The second kappa shape index (κ2) is 8.20. The highest BCUT2D eigenvalue weighted by Gasteiger charge is 2.26. The first-order valence-corrected chi connectivity index (χ1v) is 8.25. The van der Waals surface area contributed by atoms with Gasteiger partial charge in [-0.15, -0.1) is 0 Å². The third-order valence-electron chi connectivity index (χ3n) is 4.61. The number of benzene rings is 1. The topological polar surface area (TPSA) is 59.6 Å². The monoisotopic (exact) mass is 320 g/mol. The van der Waals surface area contributed by atoms with E-state index in [2.05, 4.69) is 17.6 Å². The number of aryl methyl sites for hydroxylation is 1. The number of rotatable bonds is 7. The van der Waals surface area contributed by atoms with E-state index in [0.717, 1.165) is 38.0 Å². The van der Waals surface area contributed by atoms with Gasteiger partial charge in [-0.2, -0.15) is 0 Å². The number of hydrogen-bond acceptors (Lipinski definition) is 4. The average molecular weight is 320 g/mol. The van der Waals surface area contributed by atoms with Crippen LogP contribution in [0.25, 0.3) is 0 Å². The molecule has 1 aliphatic heterocycles. The van der Waals surface area contributed by atoms with Crippen LogP contribution in [0.3, 0.4) is 0 Å². The van der Waals surface area contributed by atoms with Crippen LogP contribution in [0.5, 0.6) is 11.5 Å². The predicted octanol–water partition coefficient (Wildman–Crippen LogP) is 2.14. The Morgan fingerprint density at radius 2 is 1.91 bits per heavy atom. The van der Waals surface area contributed by atoms with Crippen LogP contribution in [0.4, 0.5) is 0 Å². The van der Waals surface area contributed by atoms with E-state index in [0.29, 0.717) is 24.3 Å². The summed E-state index contributed by atoms with van der Waals surface area (Å²) < 4.78 is 10.5. The van der Waals surface area contributed by atoms with Crippen molar-refractivity contribution in [1.29, 1.82) is 0 Å². The van der Waals surface area contributed by atoms with Crippen LogP contribution >= 0.6 is 0 Å². The predicted molar refractivity (Wildman–Crippen MR) is 91.1 cm³/mol. The highest BCUT2D eigenvalue weighted by atomic mass is 16.5. The standard InChI is InChI=1S/C18H28N2O3/c1-18(8-10-19-11-9-18)13-20-17(21)7-5-14-4-6-15(22-2)16(12-14)23-3/h4,6,12,19H,5,7-11,13H2,1-3H3,(H,20,21). The first-order valence-electron chi connectivity index (χ1n) is 8.25. The van der Waals surface area contributed by atoms with Crippen LogP contribution in [0, 0.1) is 5.41 Å². The number of amides is 1. The molecule has 0 radical (unpaired) electrons. The number of ether oxygens (including phenoxy) is 2. The molecule has 0 unspecified atom stereocenters. The number of piperidine rings is 1. The zero-order valence-electron chi connectivity index (χ0n) is 14.4. The lowest BCUT2D eigenvalue weighted by Crippen LogP contribution is -2.42. The van der Waals surface area contributed by atoms with E-state index < -0.39 is 0 Å². The summed E-state index contributed by atoms with van der Waals surface area (Å²) in [6.45, 7) is 5.10. The number of hydrogen-bond donors (Lipinski definition) is 2. The van der Waals surface area contributed by atoms with Crippen molar-refractivity contribution in [2.75, 3.05) is 33.9 Å². The van der Waals surface area contributed by atoms with Gasteiger partial charge in [-0.3, -0.25) is 4.79 Å².